The Morgan fingerprint density at radius 2 is 2.20 bits per heavy atom. The van der Waals surface area contributed by atoms with E-state index >= 15 is 0 Å². The van der Waals surface area contributed by atoms with Crippen LogP contribution in [0.25, 0.3) is 0 Å². The summed E-state index contributed by atoms with van der Waals surface area (Å²) in [6.45, 7) is 7.27. The monoisotopic (exact) mass is 210 g/mol. The van der Waals surface area contributed by atoms with Crippen molar-refractivity contribution in [2.45, 2.75) is 26.4 Å². The molecule has 0 aliphatic rings. The summed E-state index contributed by atoms with van der Waals surface area (Å²) in [7, 11) is 4.17. The molecule has 15 heavy (non-hydrogen) atoms. The topological polar surface area (TPSA) is 33.1 Å². The van der Waals surface area contributed by atoms with Crippen molar-refractivity contribution in [3.05, 3.63) is 18.0 Å². The van der Waals surface area contributed by atoms with Crippen LogP contribution >= 0.6 is 0 Å². The molecule has 0 saturated heterocycles. The normalized spacial score (nSPS) is 11.6. The Balaban J connectivity index is 2.34. The minimum absolute atomic E-state index is 0.436. The van der Waals surface area contributed by atoms with Crippen LogP contribution in [0.4, 0.5) is 0 Å². The molecule has 0 aromatic carbocycles. The summed E-state index contributed by atoms with van der Waals surface area (Å²) in [6.07, 6.45) is 1.86. The van der Waals surface area contributed by atoms with Gasteiger partial charge in [0.1, 0.15) is 0 Å². The molecular formula is C11H22N4. The molecule has 1 aromatic heterocycles. The van der Waals surface area contributed by atoms with Crippen LogP contribution in [0.2, 0.25) is 0 Å². The summed E-state index contributed by atoms with van der Waals surface area (Å²) in [5.41, 5.74) is 1.25. The summed E-state index contributed by atoms with van der Waals surface area (Å²) >= 11 is 0. The van der Waals surface area contributed by atoms with E-state index in [1.165, 1.54) is 5.69 Å². The fraction of sp³-hybridized carbons (Fsp3) is 0.727. The first-order valence-corrected chi connectivity index (χ1v) is 5.49. The zero-order chi connectivity index (χ0) is 11.3. The largest absolute Gasteiger partial charge is 0.310 e. The molecule has 1 rings (SSSR count). The molecule has 0 radical (unpaired) electrons. The van der Waals surface area contributed by atoms with Gasteiger partial charge in [-0.2, -0.15) is 5.10 Å². The number of nitrogens with one attached hydrogen (secondary N) is 1. The quantitative estimate of drug-likeness (QED) is 0.714. The highest BCUT2D eigenvalue weighted by Crippen LogP contribution is 2.06. The predicted molar refractivity (Wildman–Crippen MR) is 62.9 cm³/mol. The molecule has 0 amide bonds. The predicted octanol–water partition coefficient (Wildman–Crippen LogP) is 1.12. The van der Waals surface area contributed by atoms with Gasteiger partial charge in [0.25, 0.3) is 0 Å². The average molecular weight is 210 g/mol. The maximum Gasteiger partial charge on any atom is 0.0525 e. The molecule has 0 aliphatic carbocycles. The molecule has 1 N–H and O–H groups in total. The van der Waals surface area contributed by atoms with Crippen LogP contribution < -0.4 is 5.32 Å². The molecule has 0 spiro atoms. The van der Waals surface area contributed by atoms with Crippen molar-refractivity contribution in [3.8, 4) is 0 Å². The number of hydrogen-bond donors (Lipinski definition) is 1. The van der Waals surface area contributed by atoms with Gasteiger partial charge >= 0.3 is 0 Å². The molecule has 86 valence electrons. The summed E-state index contributed by atoms with van der Waals surface area (Å²) < 4.78 is 2.06. The van der Waals surface area contributed by atoms with Gasteiger partial charge in [0, 0.05) is 31.9 Å². The van der Waals surface area contributed by atoms with E-state index in [0.29, 0.717) is 6.04 Å². The van der Waals surface area contributed by atoms with E-state index in [4.69, 9.17) is 0 Å². The molecule has 4 heteroatoms. The maximum absolute atomic E-state index is 4.30. The Morgan fingerprint density at radius 3 is 2.80 bits per heavy atom. The fourth-order valence-electron chi connectivity index (χ4n) is 1.47. The molecular weight excluding hydrogens is 188 g/mol. The molecule has 0 aliphatic heterocycles. The Labute approximate surface area is 92.3 Å². The summed E-state index contributed by atoms with van der Waals surface area (Å²) in [5, 5.41) is 7.71. The summed E-state index contributed by atoms with van der Waals surface area (Å²) in [6, 6.07) is 2.51. The van der Waals surface area contributed by atoms with Crippen LogP contribution in [0.15, 0.2) is 12.3 Å². The lowest BCUT2D eigenvalue weighted by molar-refractivity contribution is 0.396. The second-order valence-corrected chi connectivity index (χ2v) is 4.34. The Hall–Kier alpha value is -0.870. The minimum atomic E-state index is 0.436. The molecule has 0 atom stereocenters. The third-order valence-corrected chi connectivity index (χ3v) is 2.28. The molecule has 0 fully saturated rings. The molecule has 0 unspecified atom stereocenters. The van der Waals surface area contributed by atoms with E-state index in [1.54, 1.807) is 0 Å². The second-order valence-electron chi connectivity index (χ2n) is 4.34. The third kappa shape index (κ3) is 4.01. The number of hydrogen-bond acceptors (Lipinski definition) is 3. The fourth-order valence-corrected chi connectivity index (χ4v) is 1.47. The van der Waals surface area contributed by atoms with Gasteiger partial charge in [0.05, 0.1) is 5.69 Å². The van der Waals surface area contributed by atoms with Crippen molar-refractivity contribution in [1.29, 1.82) is 0 Å². The maximum atomic E-state index is 4.30. The smallest absolute Gasteiger partial charge is 0.0525 e. The van der Waals surface area contributed by atoms with E-state index in [1.807, 2.05) is 6.20 Å². The first-order chi connectivity index (χ1) is 7.11. The second kappa shape index (κ2) is 5.88. The van der Waals surface area contributed by atoms with Crippen molar-refractivity contribution in [2.75, 3.05) is 27.2 Å². The van der Waals surface area contributed by atoms with Gasteiger partial charge < -0.3 is 10.2 Å². The van der Waals surface area contributed by atoms with Crippen molar-refractivity contribution >= 4 is 0 Å². The van der Waals surface area contributed by atoms with Gasteiger partial charge in [-0.15, -0.1) is 0 Å². The van der Waals surface area contributed by atoms with Gasteiger partial charge in [0.15, 0.2) is 0 Å². The van der Waals surface area contributed by atoms with Crippen LogP contribution in [0.3, 0.4) is 0 Å². The number of rotatable bonds is 6. The minimum Gasteiger partial charge on any atom is -0.310 e. The lowest BCUT2D eigenvalue weighted by Crippen LogP contribution is -2.27. The zero-order valence-electron chi connectivity index (χ0n) is 10.2. The first kappa shape index (κ1) is 12.2. The van der Waals surface area contributed by atoms with E-state index in [9.17, 15) is 0 Å². The van der Waals surface area contributed by atoms with Gasteiger partial charge in [-0.3, -0.25) is 4.68 Å². The molecule has 4 nitrogen and oxygen atoms in total. The standard InChI is InChI=1S/C11H22N4/c1-10(2)15-11(5-6-13-15)9-12-7-8-14(3)4/h5-6,10,12H,7-9H2,1-4H3. The van der Waals surface area contributed by atoms with Crippen LogP contribution in [-0.4, -0.2) is 41.9 Å². The molecule has 0 bridgehead atoms. The van der Waals surface area contributed by atoms with E-state index < -0.39 is 0 Å². The van der Waals surface area contributed by atoms with Crippen LogP contribution in [0, 0.1) is 0 Å². The number of nitrogens with zero attached hydrogens (tertiary/aromatic N) is 3. The molecule has 1 aromatic rings. The van der Waals surface area contributed by atoms with Crippen LogP contribution in [-0.2, 0) is 6.54 Å². The number of likely N-dealkylation sites (N-methyl/N-ethyl adjacent to an activating group) is 1. The zero-order valence-corrected chi connectivity index (χ0v) is 10.2. The lowest BCUT2D eigenvalue weighted by atomic mass is 10.3. The Bertz CT molecular complexity index is 278. The van der Waals surface area contributed by atoms with E-state index in [0.717, 1.165) is 19.6 Å². The number of aromatic nitrogens is 2. The van der Waals surface area contributed by atoms with Gasteiger partial charge in [0.2, 0.25) is 0 Å². The van der Waals surface area contributed by atoms with Crippen molar-refractivity contribution in [2.24, 2.45) is 0 Å². The molecule has 0 saturated carbocycles. The first-order valence-electron chi connectivity index (χ1n) is 5.49. The summed E-state index contributed by atoms with van der Waals surface area (Å²) in [5.74, 6) is 0. The highest BCUT2D eigenvalue weighted by molar-refractivity contribution is 5.01. The average Bonchev–Trinajstić information content (AvgIpc) is 2.60. The van der Waals surface area contributed by atoms with Crippen molar-refractivity contribution in [3.63, 3.8) is 0 Å². The Morgan fingerprint density at radius 1 is 1.47 bits per heavy atom. The van der Waals surface area contributed by atoms with Gasteiger partial charge in [-0.25, -0.2) is 0 Å². The lowest BCUT2D eigenvalue weighted by Gasteiger charge is -2.13. The van der Waals surface area contributed by atoms with Crippen molar-refractivity contribution < 1.29 is 0 Å². The third-order valence-electron chi connectivity index (χ3n) is 2.28. The SMILES string of the molecule is CC(C)n1nccc1CNCCN(C)C. The molecule has 1 heterocycles. The van der Waals surface area contributed by atoms with Crippen molar-refractivity contribution in [1.82, 2.24) is 20.0 Å². The van der Waals surface area contributed by atoms with Crippen LogP contribution in [0.1, 0.15) is 25.6 Å². The Kier molecular flexibility index (Phi) is 4.78. The highest BCUT2D eigenvalue weighted by Gasteiger charge is 2.04. The van der Waals surface area contributed by atoms with E-state index in [2.05, 4.69) is 54.0 Å². The summed E-state index contributed by atoms with van der Waals surface area (Å²) in [4.78, 5) is 2.17. The van der Waals surface area contributed by atoms with Gasteiger partial charge in [-0.05, 0) is 34.0 Å². The highest BCUT2D eigenvalue weighted by atomic mass is 15.3. The van der Waals surface area contributed by atoms with Crippen LogP contribution in [0.5, 0.6) is 0 Å². The van der Waals surface area contributed by atoms with E-state index in [-0.39, 0.29) is 0 Å². The van der Waals surface area contributed by atoms with Gasteiger partial charge in [-0.1, -0.05) is 0 Å².